The SMILES string of the molecule is CC1CCC(O)(CNCCSC(F)(F)F)CC1. The number of alkyl halides is 3. The molecular weight excluding hydrogens is 251 g/mol. The first kappa shape index (κ1) is 15.1. The molecule has 1 fully saturated rings. The minimum atomic E-state index is -4.15. The van der Waals surface area contributed by atoms with Crippen molar-refractivity contribution in [1.82, 2.24) is 5.32 Å². The first-order valence-corrected chi connectivity index (χ1v) is 6.93. The van der Waals surface area contributed by atoms with E-state index in [-0.39, 0.29) is 24.1 Å². The molecule has 1 rings (SSSR count). The fraction of sp³-hybridized carbons (Fsp3) is 1.00. The van der Waals surface area contributed by atoms with E-state index in [0.29, 0.717) is 12.5 Å². The van der Waals surface area contributed by atoms with E-state index >= 15 is 0 Å². The van der Waals surface area contributed by atoms with Crippen LogP contribution in [0.4, 0.5) is 13.2 Å². The summed E-state index contributed by atoms with van der Waals surface area (Å²) in [6.45, 7) is 2.84. The normalized spacial score (nSPS) is 30.5. The molecule has 17 heavy (non-hydrogen) atoms. The van der Waals surface area contributed by atoms with Crippen LogP contribution in [0.15, 0.2) is 0 Å². The van der Waals surface area contributed by atoms with Crippen LogP contribution in [-0.4, -0.2) is 35.1 Å². The Bertz CT molecular complexity index is 227. The topological polar surface area (TPSA) is 32.3 Å². The van der Waals surface area contributed by atoms with Crippen LogP contribution in [0.25, 0.3) is 0 Å². The van der Waals surface area contributed by atoms with Gasteiger partial charge in [-0.3, -0.25) is 0 Å². The van der Waals surface area contributed by atoms with Crippen LogP contribution in [0.1, 0.15) is 32.6 Å². The molecule has 0 amide bonds. The molecule has 0 bridgehead atoms. The van der Waals surface area contributed by atoms with Crippen LogP contribution < -0.4 is 5.32 Å². The van der Waals surface area contributed by atoms with Crippen LogP contribution >= 0.6 is 11.8 Å². The zero-order valence-electron chi connectivity index (χ0n) is 10.0. The molecule has 0 heterocycles. The van der Waals surface area contributed by atoms with Crippen molar-refractivity contribution in [3.63, 3.8) is 0 Å². The molecule has 0 atom stereocenters. The molecule has 0 unspecified atom stereocenters. The molecule has 2 N–H and O–H groups in total. The zero-order chi connectivity index (χ0) is 12.9. The summed E-state index contributed by atoms with van der Waals surface area (Å²) in [6, 6.07) is 0. The molecule has 0 radical (unpaired) electrons. The summed E-state index contributed by atoms with van der Waals surface area (Å²) in [5.41, 5.74) is -4.87. The third-order valence-electron chi connectivity index (χ3n) is 3.20. The van der Waals surface area contributed by atoms with Crippen LogP contribution in [0.3, 0.4) is 0 Å². The quantitative estimate of drug-likeness (QED) is 0.754. The number of hydrogen-bond acceptors (Lipinski definition) is 3. The molecule has 0 aromatic rings. The van der Waals surface area contributed by atoms with Crippen molar-refractivity contribution < 1.29 is 18.3 Å². The second kappa shape index (κ2) is 6.29. The maximum absolute atomic E-state index is 11.8. The van der Waals surface area contributed by atoms with Gasteiger partial charge >= 0.3 is 5.51 Å². The highest BCUT2D eigenvalue weighted by Gasteiger charge is 2.31. The Morgan fingerprint density at radius 3 is 2.47 bits per heavy atom. The summed E-state index contributed by atoms with van der Waals surface area (Å²) < 4.78 is 35.5. The number of thioether (sulfide) groups is 1. The monoisotopic (exact) mass is 271 g/mol. The van der Waals surface area contributed by atoms with Crippen molar-refractivity contribution in [3.05, 3.63) is 0 Å². The lowest BCUT2D eigenvalue weighted by Crippen LogP contribution is -2.43. The van der Waals surface area contributed by atoms with Crippen molar-refractivity contribution in [2.75, 3.05) is 18.8 Å². The van der Waals surface area contributed by atoms with Crippen molar-refractivity contribution >= 4 is 11.8 Å². The summed E-state index contributed by atoms with van der Waals surface area (Å²) in [5, 5.41) is 13.1. The third kappa shape index (κ3) is 6.52. The van der Waals surface area contributed by atoms with Crippen molar-refractivity contribution in [2.24, 2.45) is 5.92 Å². The first-order valence-electron chi connectivity index (χ1n) is 5.94. The summed E-state index contributed by atoms with van der Waals surface area (Å²) in [7, 11) is 0. The average molecular weight is 271 g/mol. The lowest BCUT2D eigenvalue weighted by molar-refractivity contribution is -0.0327. The van der Waals surface area contributed by atoms with Gasteiger partial charge in [-0.05, 0) is 43.4 Å². The largest absolute Gasteiger partial charge is 0.441 e. The Hall–Kier alpha value is 0.0600. The second-order valence-electron chi connectivity index (χ2n) is 4.88. The molecule has 0 aromatic carbocycles. The van der Waals surface area contributed by atoms with E-state index in [1.165, 1.54) is 0 Å². The lowest BCUT2D eigenvalue weighted by Gasteiger charge is -2.35. The second-order valence-corrected chi connectivity index (χ2v) is 6.04. The van der Waals surface area contributed by atoms with E-state index in [4.69, 9.17) is 0 Å². The highest BCUT2D eigenvalue weighted by atomic mass is 32.2. The van der Waals surface area contributed by atoms with Gasteiger partial charge in [0, 0.05) is 18.8 Å². The molecule has 0 aromatic heterocycles. The van der Waals surface area contributed by atoms with Crippen LogP contribution in [0.5, 0.6) is 0 Å². The average Bonchev–Trinajstić information content (AvgIpc) is 2.21. The van der Waals surface area contributed by atoms with Gasteiger partial charge in [0.15, 0.2) is 0 Å². The Morgan fingerprint density at radius 1 is 1.35 bits per heavy atom. The smallest absolute Gasteiger partial charge is 0.389 e. The van der Waals surface area contributed by atoms with E-state index in [1.54, 1.807) is 0 Å². The molecule has 6 heteroatoms. The molecule has 0 saturated heterocycles. The van der Waals surface area contributed by atoms with Gasteiger partial charge in [0.05, 0.1) is 5.60 Å². The maximum Gasteiger partial charge on any atom is 0.441 e. The predicted molar refractivity (Wildman–Crippen MR) is 64.0 cm³/mol. The number of nitrogens with one attached hydrogen (secondary N) is 1. The van der Waals surface area contributed by atoms with Crippen molar-refractivity contribution in [2.45, 2.75) is 43.7 Å². The van der Waals surface area contributed by atoms with Gasteiger partial charge in [0.1, 0.15) is 0 Å². The van der Waals surface area contributed by atoms with Gasteiger partial charge in [-0.2, -0.15) is 13.2 Å². The van der Waals surface area contributed by atoms with E-state index < -0.39 is 11.1 Å². The van der Waals surface area contributed by atoms with Crippen molar-refractivity contribution in [1.29, 1.82) is 0 Å². The first-order chi connectivity index (χ1) is 7.81. The fourth-order valence-electron chi connectivity index (χ4n) is 2.04. The summed E-state index contributed by atoms with van der Waals surface area (Å²) in [4.78, 5) is 0. The van der Waals surface area contributed by atoms with Gasteiger partial charge in [0.25, 0.3) is 0 Å². The summed E-state index contributed by atoms with van der Waals surface area (Å²) in [6.07, 6.45) is 3.48. The molecule has 0 aliphatic heterocycles. The maximum atomic E-state index is 11.8. The minimum Gasteiger partial charge on any atom is -0.389 e. The Balaban J connectivity index is 2.10. The van der Waals surface area contributed by atoms with Gasteiger partial charge in [-0.1, -0.05) is 6.92 Å². The Labute approximate surface area is 104 Å². The Kier molecular flexibility index (Phi) is 5.60. The number of rotatable bonds is 5. The van der Waals surface area contributed by atoms with Gasteiger partial charge in [-0.15, -0.1) is 0 Å². The van der Waals surface area contributed by atoms with E-state index in [9.17, 15) is 18.3 Å². The third-order valence-corrected chi connectivity index (χ3v) is 3.94. The molecule has 102 valence electrons. The summed E-state index contributed by atoms with van der Waals surface area (Å²) in [5.74, 6) is 0.645. The minimum absolute atomic E-state index is 0.00399. The molecule has 1 aliphatic carbocycles. The van der Waals surface area contributed by atoms with E-state index in [1.807, 2.05) is 0 Å². The van der Waals surface area contributed by atoms with Crippen LogP contribution in [0.2, 0.25) is 0 Å². The van der Waals surface area contributed by atoms with Gasteiger partial charge in [-0.25, -0.2) is 0 Å². The van der Waals surface area contributed by atoms with E-state index in [2.05, 4.69) is 12.2 Å². The lowest BCUT2D eigenvalue weighted by atomic mass is 9.79. The number of aliphatic hydroxyl groups is 1. The molecular formula is C11H20F3NOS. The number of hydrogen-bond donors (Lipinski definition) is 2. The summed E-state index contributed by atoms with van der Waals surface area (Å²) >= 11 is -0.0247. The fourth-order valence-corrected chi connectivity index (χ4v) is 2.51. The molecule has 2 nitrogen and oxygen atoms in total. The zero-order valence-corrected chi connectivity index (χ0v) is 10.8. The van der Waals surface area contributed by atoms with Gasteiger partial charge in [0.2, 0.25) is 0 Å². The van der Waals surface area contributed by atoms with Crippen molar-refractivity contribution in [3.8, 4) is 0 Å². The van der Waals surface area contributed by atoms with E-state index in [0.717, 1.165) is 25.7 Å². The highest BCUT2D eigenvalue weighted by molar-refractivity contribution is 8.00. The molecule has 1 aliphatic rings. The predicted octanol–water partition coefficient (Wildman–Crippen LogP) is 2.77. The molecule has 1 saturated carbocycles. The van der Waals surface area contributed by atoms with Crippen LogP contribution in [0, 0.1) is 5.92 Å². The van der Waals surface area contributed by atoms with Gasteiger partial charge < -0.3 is 10.4 Å². The highest BCUT2D eigenvalue weighted by Crippen LogP contribution is 2.31. The Morgan fingerprint density at radius 2 is 1.94 bits per heavy atom. The number of halogens is 3. The standard InChI is InChI=1S/C11H20F3NOS/c1-9-2-4-10(16,5-3-9)8-15-6-7-17-11(12,13)14/h9,15-16H,2-8H2,1H3. The molecule has 0 spiro atoms. The van der Waals surface area contributed by atoms with Crippen LogP contribution in [-0.2, 0) is 0 Å².